The van der Waals surface area contributed by atoms with E-state index in [2.05, 4.69) is 10.1 Å². The molecule has 150 valence electrons. The molecular weight excluding hydrogens is 370 g/mol. The highest BCUT2D eigenvalue weighted by Gasteiger charge is 2.15. The molecule has 0 aliphatic heterocycles. The molecule has 8 nitrogen and oxygen atoms in total. The Hall–Kier alpha value is -3.55. The predicted octanol–water partition coefficient (Wildman–Crippen LogP) is 3.36. The largest absolute Gasteiger partial charge is 0.493 e. The third kappa shape index (κ3) is 3.26. The minimum Gasteiger partial charge on any atom is -0.493 e. The van der Waals surface area contributed by atoms with Crippen LogP contribution in [0.5, 0.6) is 17.4 Å². The van der Waals surface area contributed by atoms with E-state index in [9.17, 15) is 4.79 Å². The van der Waals surface area contributed by atoms with E-state index in [0.29, 0.717) is 22.9 Å². The van der Waals surface area contributed by atoms with Crippen molar-refractivity contribution in [3.05, 3.63) is 59.0 Å². The summed E-state index contributed by atoms with van der Waals surface area (Å²) in [7, 11) is 5.16. The molecule has 0 amide bonds. The van der Waals surface area contributed by atoms with E-state index in [1.54, 1.807) is 35.6 Å². The molecule has 0 spiro atoms. The number of aryl methyl sites for hydroxylation is 1. The first kappa shape index (κ1) is 18.8. The number of hydrogen-bond acceptors (Lipinski definition) is 5. The highest BCUT2D eigenvalue weighted by atomic mass is 16.5. The smallest absolute Gasteiger partial charge is 0.279 e. The van der Waals surface area contributed by atoms with Crippen molar-refractivity contribution in [2.75, 3.05) is 7.11 Å². The van der Waals surface area contributed by atoms with Crippen LogP contribution < -0.4 is 15.0 Å². The summed E-state index contributed by atoms with van der Waals surface area (Å²) >= 11 is 0. The Bertz CT molecular complexity index is 1230. The molecule has 4 aromatic rings. The Labute approximate surface area is 167 Å². The fourth-order valence-corrected chi connectivity index (χ4v) is 3.28. The number of imidazole rings is 1. The number of methoxy groups -OCH3 is 1. The molecule has 0 bridgehead atoms. The Morgan fingerprint density at radius 3 is 2.45 bits per heavy atom. The highest BCUT2D eigenvalue weighted by Crippen LogP contribution is 2.30. The van der Waals surface area contributed by atoms with Crippen molar-refractivity contribution in [1.82, 2.24) is 23.7 Å². The molecule has 1 aromatic carbocycles. The van der Waals surface area contributed by atoms with Gasteiger partial charge in [0.05, 0.1) is 25.7 Å². The third-order valence-corrected chi connectivity index (χ3v) is 4.80. The Morgan fingerprint density at radius 2 is 1.79 bits per heavy atom. The molecule has 0 saturated heterocycles. The first-order valence-corrected chi connectivity index (χ1v) is 9.32. The van der Waals surface area contributed by atoms with Gasteiger partial charge in [0.2, 0.25) is 5.88 Å². The van der Waals surface area contributed by atoms with E-state index < -0.39 is 0 Å². The molecule has 0 N–H and O–H groups in total. The Kier molecular flexibility index (Phi) is 4.62. The van der Waals surface area contributed by atoms with Crippen LogP contribution in [0.15, 0.2) is 47.7 Å². The average Bonchev–Trinajstić information content (AvgIpc) is 3.30. The topological polar surface area (TPSA) is 75.6 Å². The summed E-state index contributed by atoms with van der Waals surface area (Å²) in [5.41, 5.74) is 2.05. The number of rotatable bonds is 5. The molecule has 29 heavy (non-hydrogen) atoms. The lowest BCUT2D eigenvalue weighted by atomic mass is 10.1. The minimum absolute atomic E-state index is 0.156. The molecule has 0 aliphatic carbocycles. The van der Waals surface area contributed by atoms with Crippen LogP contribution in [0.1, 0.15) is 25.6 Å². The van der Waals surface area contributed by atoms with Gasteiger partial charge in [-0.25, -0.2) is 4.98 Å². The van der Waals surface area contributed by atoms with Gasteiger partial charge in [0.15, 0.2) is 5.75 Å². The van der Waals surface area contributed by atoms with Crippen molar-refractivity contribution in [2.24, 2.45) is 14.1 Å². The molecule has 0 fully saturated rings. The van der Waals surface area contributed by atoms with Crippen molar-refractivity contribution in [2.45, 2.75) is 19.8 Å². The molecule has 8 heteroatoms. The number of fused-ring (bicyclic) bond motifs is 1. The van der Waals surface area contributed by atoms with Gasteiger partial charge in [-0.2, -0.15) is 5.10 Å². The van der Waals surface area contributed by atoms with Gasteiger partial charge in [0, 0.05) is 25.6 Å². The van der Waals surface area contributed by atoms with Crippen LogP contribution >= 0.6 is 0 Å². The second-order valence-corrected chi connectivity index (χ2v) is 7.20. The lowest BCUT2D eigenvalue weighted by Crippen LogP contribution is -2.20. The Morgan fingerprint density at radius 1 is 1.07 bits per heavy atom. The van der Waals surface area contributed by atoms with Crippen LogP contribution in [-0.2, 0) is 14.1 Å². The standard InChI is InChI=1S/C21H23N5O3/c1-13(2)20-22-10-16-21(27)25(4)18(12-26(16)20)29-15-8-6-14(7-9-15)19-17(28-5)11-24(3)23-19/h6-13H,1-5H3. The molecule has 3 aromatic heterocycles. The van der Waals surface area contributed by atoms with Gasteiger partial charge in [0.1, 0.15) is 22.8 Å². The van der Waals surface area contributed by atoms with Crippen LogP contribution in [0.4, 0.5) is 0 Å². The molecule has 0 atom stereocenters. The van der Waals surface area contributed by atoms with Crippen molar-refractivity contribution < 1.29 is 9.47 Å². The first-order valence-electron chi connectivity index (χ1n) is 9.32. The van der Waals surface area contributed by atoms with Crippen molar-refractivity contribution in [3.63, 3.8) is 0 Å². The van der Waals surface area contributed by atoms with Gasteiger partial charge in [-0.05, 0) is 24.3 Å². The van der Waals surface area contributed by atoms with Gasteiger partial charge in [0.25, 0.3) is 5.56 Å². The lowest BCUT2D eigenvalue weighted by molar-refractivity contribution is 0.415. The number of aromatic nitrogens is 5. The second kappa shape index (κ2) is 7.12. The first-order chi connectivity index (χ1) is 13.9. The van der Waals surface area contributed by atoms with E-state index in [1.165, 1.54) is 4.57 Å². The summed E-state index contributed by atoms with van der Waals surface area (Å²) in [4.78, 5) is 17.1. The maximum atomic E-state index is 12.7. The summed E-state index contributed by atoms with van der Waals surface area (Å²) in [5, 5.41) is 4.44. The fourth-order valence-electron chi connectivity index (χ4n) is 3.28. The van der Waals surface area contributed by atoms with Gasteiger partial charge >= 0.3 is 0 Å². The monoisotopic (exact) mass is 393 g/mol. The van der Waals surface area contributed by atoms with Crippen LogP contribution in [0.2, 0.25) is 0 Å². The molecule has 0 saturated carbocycles. The third-order valence-electron chi connectivity index (χ3n) is 4.80. The van der Waals surface area contributed by atoms with Crippen molar-refractivity contribution >= 4 is 5.52 Å². The van der Waals surface area contributed by atoms with Gasteiger partial charge in [-0.1, -0.05) is 13.8 Å². The molecular formula is C21H23N5O3. The van der Waals surface area contributed by atoms with Crippen molar-refractivity contribution in [3.8, 4) is 28.6 Å². The van der Waals surface area contributed by atoms with Crippen LogP contribution in [0.25, 0.3) is 16.8 Å². The van der Waals surface area contributed by atoms with Gasteiger partial charge in [-0.3, -0.25) is 18.4 Å². The van der Waals surface area contributed by atoms with E-state index in [-0.39, 0.29) is 11.5 Å². The van der Waals surface area contributed by atoms with Crippen molar-refractivity contribution in [1.29, 1.82) is 0 Å². The average molecular weight is 393 g/mol. The van der Waals surface area contributed by atoms with Crippen LogP contribution in [0.3, 0.4) is 0 Å². The predicted molar refractivity (Wildman–Crippen MR) is 110 cm³/mol. The maximum Gasteiger partial charge on any atom is 0.279 e. The summed E-state index contributed by atoms with van der Waals surface area (Å²) in [6, 6.07) is 7.51. The normalized spacial score (nSPS) is 11.4. The summed E-state index contributed by atoms with van der Waals surface area (Å²) < 4.78 is 16.4. The fraction of sp³-hybridized carbons (Fsp3) is 0.286. The van der Waals surface area contributed by atoms with Gasteiger partial charge in [-0.15, -0.1) is 0 Å². The summed E-state index contributed by atoms with van der Waals surface area (Å²) in [6.07, 6.45) is 5.23. The highest BCUT2D eigenvalue weighted by molar-refractivity contribution is 5.66. The van der Waals surface area contributed by atoms with E-state index in [0.717, 1.165) is 17.1 Å². The quantitative estimate of drug-likeness (QED) is 0.520. The van der Waals surface area contributed by atoms with Crippen LogP contribution in [-0.4, -0.2) is 30.8 Å². The second-order valence-electron chi connectivity index (χ2n) is 7.20. The molecule has 0 aliphatic rings. The number of ether oxygens (including phenoxy) is 2. The number of benzene rings is 1. The lowest BCUT2D eigenvalue weighted by Gasteiger charge is -2.12. The Balaban J connectivity index is 1.69. The number of nitrogens with zero attached hydrogens (tertiary/aromatic N) is 5. The van der Waals surface area contributed by atoms with E-state index in [4.69, 9.17) is 9.47 Å². The van der Waals surface area contributed by atoms with Gasteiger partial charge < -0.3 is 9.47 Å². The minimum atomic E-state index is -0.156. The van der Waals surface area contributed by atoms with Crippen LogP contribution in [0, 0.1) is 0 Å². The molecule has 4 rings (SSSR count). The molecule has 0 unspecified atom stereocenters. The zero-order chi connectivity index (χ0) is 20.7. The zero-order valence-corrected chi connectivity index (χ0v) is 17.1. The molecule has 3 heterocycles. The zero-order valence-electron chi connectivity index (χ0n) is 17.1. The molecule has 0 radical (unpaired) electrons. The van der Waals surface area contributed by atoms with E-state index in [1.807, 2.05) is 51.4 Å². The SMILES string of the molecule is COc1cn(C)nc1-c1ccc(Oc2cn3c(C(C)C)ncc3c(=O)n2C)cc1. The summed E-state index contributed by atoms with van der Waals surface area (Å²) in [6.45, 7) is 4.08. The summed E-state index contributed by atoms with van der Waals surface area (Å²) in [5.74, 6) is 2.76. The van der Waals surface area contributed by atoms with E-state index >= 15 is 0 Å². The number of hydrogen-bond donors (Lipinski definition) is 0. The maximum absolute atomic E-state index is 12.7.